The lowest BCUT2D eigenvalue weighted by molar-refractivity contribution is -0.138. The van der Waals surface area contributed by atoms with Gasteiger partial charge in [-0.25, -0.2) is 0 Å². The molecule has 0 radical (unpaired) electrons. The summed E-state index contributed by atoms with van der Waals surface area (Å²) in [6.45, 7) is 2.34. The molecule has 1 aromatic carbocycles. The van der Waals surface area contributed by atoms with Crippen LogP contribution in [0.15, 0.2) is 36.1 Å². The second-order valence-electron chi connectivity index (χ2n) is 4.21. The molecule has 0 aliphatic carbocycles. The van der Waals surface area contributed by atoms with E-state index in [1.54, 1.807) is 24.3 Å². The maximum Gasteiger partial charge on any atom is 0.296 e. The molecule has 0 aromatic heterocycles. The van der Waals surface area contributed by atoms with E-state index in [0.717, 1.165) is 17.7 Å². The van der Waals surface area contributed by atoms with E-state index in [4.69, 9.17) is 0 Å². The van der Waals surface area contributed by atoms with Gasteiger partial charge in [0.15, 0.2) is 5.76 Å². The molecule has 1 aliphatic rings. The number of carbonyl (C=O) groups excluding carboxylic acids is 2. The third kappa shape index (κ3) is 2.01. The Hall–Kier alpha value is -2.10. The Kier molecular flexibility index (Phi) is 3.46. The van der Waals surface area contributed by atoms with Gasteiger partial charge in [-0.15, -0.1) is 0 Å². The zero-order valence-electron chi connectivity index (χ0n) is 10.2. The maximum atomic E-state index is 12.1. The van der Waals surface area contributed by atoms with Gasteiger partial charge in [-0.1, -0.05) is 43.7 Å². The molecule has 0 unspecified atom stereocenters. The van der Waals surface area contributed by atoms with Crippen molar-refractivity contribution in [2.24, 2.45) is 0 Å². The fourth-order valence-corrected chi connectivity index (χ4v) is 1.95. The first-order chi connectivity index (χ1) is 8.66. The van der Waals surface area contributed by atoms with Crippen molar-refractivity contribution in [1.29, 1.82) is 0 Å². The molecule has 2 amide bonds. The summed E-state index contributed by atoms with van der Waals surface area (Å²) in [5, 5.41) is 9.82. The van der Waals surface area contributed by atoms with Crippen LogP contribution in [0.5, 0.6) is 0 Å². The third-order valence-corrected chi connectivity index (χ3v) is 2.94. The fraction of sp³-hybridized carbons (Fsp3) is 0.286. The monoisotopic (exact) mass is 245 g/mol. The van der Waals surface area contributed by atoms with E-state index in [-0.39, 0.29) is 5.57 Å². The molecule has 0 saturated carbocycles. The zero-order chi connectivity index (χ0) is 13.1. The Morgan fingerprint density at radius 2 is 1.78 bits per heavy atom. The molecule has 0 spiro atoms. The van der Waals surface area contributed by atoms with E-state index in [2.05, 4.69) is 0 Å². The lowest BCUT2D eigenvalue weighted by atomic mass is 10.1. The molecular formula is C14H15NO3. The molecule has 18 heavy (non-hydrogen) atoms. The quantitative estimate of drug-likeness (QED) is 0.827. The van der Waals surface area contributed by atoms with Gasteiger partial charge in [-0.3, -0.25) is 14.5 Å². The summed E-state index contributed by atoms with van der Waals surface area (Å²) in [4.78, 5) is 25.0. The molecule has 1 N–H and O–H groups in total. The lowest BCUT2D eigenvalue weighted by Gasteiger charge is -2.13. The van der Waals surface area contributed by atoms with Crippen molar-refractivity contribution in [1.82, 2.24) is 4.90 Å². The summed E-state index contributed by atoms with van der Waals surface area (Å²) < 4.78 is 0. The number of rotatable bonds is 4. The first-order valence-electron chi connectivity index (χ1n) is 6.01. The molecule has 0 fully saturated rings. The minimum absolute atomic E-state index is 0.108. The highest BCUT2D eigenvalue weighted by Gasteiger charge is 2.38. The number of aliphatic hydroxyl groups excluding tert-OH is 1. The number of aliphatic hydroxyl groups is 1. The van der Waals surface area contributed by atoms with Crippen molar-refractivity contribution in [2.45, 2.75) is 19.8 Å². The Morgan fingerprint density at radius 3 is 2.39 bits per heavy atom. The number of unbranched alkanes of at least 4 members (excludes halogenated alkanes) is 1. The standard InChI is InChI=1S/C14H15NO3/c1-2-3-9-15-13(17)11(12(16)14(15)18)10-7-5-4-6-8-10/h4-8,16H,2-3,9H2,1H3. The highest BCUT2D eigenvalue weighted by molar-refractivity contribution is 6.34. The molecule has 0 atom stereocenters. The molecule has 1 heterocycles. The highest BCUT2D eigenvalue weighted by atomic mass is 16.3. The van der Waals surface area contributed by atoms with Crippen LogP contribution in [-0.2, 0) is 9.59 Å². The van der Waals surface area contributed by atoms with Crippen molar-refractivity contribution in [3.8, 4) is 0 Å². The summed E-state index contributed by atoms with van der Waals surface area (Å²) in [5.41, 5.74) is 0.684. The molecule has 0 saturated heterocycles. The van der Waals surface area contributed by atoms with Gasteiger partial charge in [-0.2, -0.15) is 0 Å². The summed E-state index contributed by atoms with van der Waals surface area (Å²) >= 11 is 0. The fourth-order valence-electron chi connectivity index (χ4n) is 1.95. The van der Waals surface area contributed by atoms with Crippen LogP contribution in [0.25, 0.3) is 5.57 Å². The normalized spacial score (nSPS) is 15.7. The zero-order valence-corrected chi connectivity index (χ0v) is 10.2. The number of benzene rings is 1. The molecule has 1 aromatic rings. The van der Waals surface area contributed by atoms with Gasteiger partial charge in [0.25, 0.3) is 11.8 Å². The Bertz CT molecular complexity index is 505. The van der Waals surface area contributed by atoms with Crippen molar-refractivity contribution < 1.29 is 14.7 Å². The minimum atomic E-state index is -0.590. The number of imide groups is 1. The van der Waals surface area contributed by atoms with Gasteiger partial charge in [0.1, 0.15) is 0 Å². The van der Waals surface area contributed by atoms with E-state index < -0.39 is 17.6 Å². The van der Waals surface area contributed by atoms with Crippen LogP contribution in [0.2, 0.25) is 0 Å². The van der Waals surface area contributed by atoms with Gasteiger partial charge in [0.2, 0.25) is 0 Å². The summed E-state index contributed by atoms with van der Waals surface area (Å²) in [6.07, 6.45) is 1.63. The van der Waals surface area contributed by atoms with Crippen molar-refractivity contribution in [3.63, 3.8) is 0 Å². The molecule has 1 aliphatic heterocycles. The van der Waals surface area contributed by atoms with Gasteiger partial charge in [0.05, 0.1) is 5.57 Å². The van der Waals surface area contributed by atoms with Crippen molar-refractivity contribution in [2.75, 3.05) is 6.54 Å². The van der Waals surface area contributed by atoms with Crippen LogP contribution in [0.1, 0.15) is 25.3 Å². The average molecular weight is 245 g/mol. The minimum Gasteiger partial charge on any atom is -0.502 e. The van der Waals surface area contributed by atoms with Crippen LogP contribution in [0.4, 0.5) is 0 Å². The number of amides is 2. The van der Waals surface area contributed by atoms with E-state index >= 15 is 0 Å². The Morgan fingerprint density at radius 1 is 1.11 bits per heavy atom. The van der Waals surface area contributed by atoms with Gasteiger partial charge < -0.3 is 5.11 Å². The molecular weight excluding hydrogens is 230 g/mol. The summed E-state index contributed by atoms with van der Waals surface area (Å²) in [6, 6.07) is 8.77. The molecule has 2 rings (SSSR count). The van der Waals surface area contributed by atoms with E-state index in [9.17, 15) is 14.7 Å². The highest BCUT2D eigenvalue weighted by Crippen LogP contribution is 2.27. The summed E-state index contributed by atoms with van der Waals surface area (Å²) in [7, 11) is 0. The second kappa shape index (κ2) is 5.04. The maximum absolute atomic E-state index is 12.1. The summed E-state index contributed by atoms with van der Waals surface area (Å²) in [5.74, 6) is -1.44. The first kappa shape index (κ1) is 12.4. The third-order valence-electron chi connectivity index (χ3n) is 2.94. The van der Waals surface area contributed by atoms with Crippen LogP contribution in [0.3, 0.4) is 0 Å². The van der Waals surface area contributed by atoms with E-state index in [1.807, 2.05) is 13.0 Å². The predicted molar refractivity (Wildman–Crippen MR) is 67.6 cm³/mol. The van der Waals surface area contributed by atoms with Crippen molar-refractivity contribution >= 4 is 17.4 Å². The smallest absolute Gasteiger partial charge is 0.296 e. The number of carbonyl (C=O) groups is 2. The van der Waals surface area contributed by atoms with Crippen LogP contribution in [-0.4, -0.2) is 28.4 Å². The molecule has 0 bridgehead atoms. The Balaban J connectivity index is 2.32. The number of nitrogens with zero attached hydrogens (tertiary/aromatic N) is 1. The number of hydrogen-bond donors (Lipinski definition) is 1. The predicted octanol–water partition coefficient (Wildman–Crippen LogP) is 2.12. The SMILES string of the molecule is CCCCN1C(=O)C(O)=C(c2ccccc2)C1=O. The lowest BCUT2D eigenvalue weighted by Crippen LogP contribution is -2.32. The van der Waals surface area contributed by atoms with Crippen LogP contribution >= 0.6 is 0 Å². The van der Waals surface area contributed by atoms with Crippen LogP contribution < -0.4 is 0 Å². The van der Waals surface area contributed by atoms with Gasteiger partial charge >= 0.3 is 0 Å². The molecule has 4 heteroatoms. The number of hydrogen-bond acceptors (Lipinski definition) is 3. The van der Waals surface area contributed by atoms with Gasteiger partial charge in [0, 0.05) is 6.54 Å². The van der Waals surface area contributed by atoms with E-state index in [1.165, 1.54) is 0 Å². The Labute approximate surface area is 106 Å². The topological polar surface area (TPSA) is 57.6 Å². The first-order valence-corrected chi connectivity index (χ1v) is 6.01. The van der Waals surface area contributed by atoms with Gasteiger partial charge in [-0.05, 0) is 12.0 Å². The largest absolute Gasteiger partial charge is 0.502 e. The van der Waals surface area contributed by atoms with Crippen LogP contribution in [0, 0.1) is 0 Å². The second-order valence-corrected chi connectivity index (χ2v) is 4.21. The molecule has 4 nitrogen and oxygen atoms in total. The van der Waals surface area contributed by atoms with Crippen molar-refractivity contribution in [3.05, 3.63) is 41.7 Å². The van der Waals surface area contributed by atoms with E-state index in [0.29, 0.717) is 12.1 Å². The average Bonchev–Trinajstić information content (AvgIpc) is 2.60. The molecule has 94 valence electrons.